The molecule has 1 amide bonds. The molecule has 1 heterocycles. The zero-order valence-corrected chi connectivity index (χ0v) is 14.2. The van der Waals surface area contributed by atoms with Gasteiger partial charge in [0.05, 0.1) is 5.02 Å². The number of nitrogens with zero attached hydrogens (tertiary/aromatic N) is 2. The zero-order valence-electron chi connectivity index (χ0n) is 12.6. The third-order valence-electron chi connectivity index (χ3n) is 3.80. The van der Waals surface area contributed by atoms with Crippen LogP contribution in [0.5, 0.6) is 0 Å². The van der Waals surface area contributed by atoms with E-state index in [1.165, 1.54) is 13.1 Å². The molecule has 7 heteroatoms. The van der Waals surface area contributed by atoms with Gasteiger partial charge >= 0.3 is 0 Å². The number of halogens is 1. The van der Waals surface area contributed by atoms with Crippen molar-refractivity contribution in [2.75, 3.05) is 20.1 Å². The molecule has 5 nitrogen and oxygen atoms in total. The van der Waals surface area contributed by atoms with Crippen molar-refractivity contribution in [3.8, 4) is 0 Å². The average Bonchev–Trinajstić information content (AvgIpc) is 2.79. The molecule has 0 saturated carbocycles. The van der Waals surface area contributed by atoms with Crippen LogP contribution in [-0.4, -0.2) is 49.7 Å². The number of carbonyl (C=O) groups is 1. The average molecular weight is 343 g/mol. The zero-order chi connectivity index (χ0) is 16.5. The van der Waals surface area contributed by atoms with Gasteiger partial charge in [-0.2, -0.15) is 4.31 Å². The quantitative estimate of drug-likeness (QED) is 0.769. The first kappa shape index (κ1) is 17.0. The molecule has 0 N–H and O–H groups in total. The Bertz CT molecular complexity index is 703. The summed E-state index contributed by atoms with van der Waals surface area (Å²) in [5, 5.41) is 0.167. The second kappa shape index (κ2) is 6.40. The fourth-order valence-electron chi connectivity index (χ4n) is 2.53. The van der Waals surface area contributed by atoms with E-state index in [1.807, 2.05) is 6.92 Å². The molecule has 22 heavy (non-hydrogen) atoms. The van der Waals surface area contributed by atoms with Crippen molar-refractivity contribution >= 4 is 27.5 Å². The number of likely N-dealkylation sites (N-methyl/N-ethyl adjacent to an activating group) is 1. The van der Waals surface area contributed by atoms with Gasteiger partial charge in [-0.15, -0.1) is 6.58 Å². The molecule has 1 unspecified atom stereocenters. The summed E-state index contributed by atoms with van der Waals surface area (Å²) in [5.74, 6) is -0.200. The van der Waals surface area contributed by atoms with Crippen molar-refractivity contribution in [3.05, 3.63) is 41.4 Å². The highest BCUT2D eigenvalue weighted by Gasteiger charge is 2.39. The number of hydrogen-bond donors (Lipinski definition) is 0. The second-order valence-corrected chi connectivity index (χ2v) is 7.71. The van der Waals surface area contributed by atoms with Crippen molar-refractivity contribution in [2.24, 2.45) is 0 Å². The van der Waals surface area contributed by atoms with E-state index in [-0.39, 0.29) is 15.8 Å². The van der Waals surface area contributed by atoms with Gasteiger partial charge in [0.15, 0.2) is 0 Å². The van der Waals surface area contributed by atoms with E-state index in [0.29, 0.717) is 19.5 Å². The van der Waals surface area contributed by atoms with Gasteiger partial charge in [0.1, 0.15) is 10.9 Å². The highest BCUT2D eigenvalue weighted by Crippen LogP contribution is 2.28. The molecule has 0 bridgehead atoms. The Morgan fingerprint density at radius 2 is 2.18 bits per heavy atom. The first-order chi connectivity index (χ1) is 10.3. The minimum absolute atomic E-state index is 0.0252. The molecule has 1 aromatic carbocycles. The van der Waals surface area contributed by atoms with Crippen LogP contribution in [0, 0.1) is 6.92 Å². The summed E-state index contributed by atoms with van der Waals surface area (Å²) in [6.45, 7) is 6.38. The number of likely N-dealkylation sites (tertiary alicyclic amines) is 1. The van der Waals surface area contributed by atoms with Crippen LogP contribution in [0.25, 0.3) is 0 Å². The van der Waals surface area contributed by atoms with Gasteiger partial charge in [0.2, 0.25) is 15.9 Å². The number of benzene rings is 1. The van der Waals surface area contributed by atoms with Crippen molar-refractivity contribution < 1.29 is 13.2 Å². The van der Waals surface area contributed by atoms with E-state index in [2.05, 4.69) is 6.58 Å². The molecule has 120 valence electrons. The summed E-state index contributed by atoms with van der Waals surface area (Å²) in [7, 11) is -2.39. The number of carbonyl (C=O) groups excluding carboxylic acids is 1. The van der Waals surface area contributed by atoms with Crippen LogP contribution in [0.1, 0.15) is 12.0 Å². The maximum Gasteiger partial charge on any atom is 0.245 e. The molecule has 0 aliphatic carbocycles. The monoisotopic (exact) mass is 342 g/mol. The lowest BCUT2D eigenvalue weighted by molar-refractivity contribution is -0.130. The number of amides is 1. The van der Waals surface area contributed by atoms with E-state index < -0.39 is 16.1 Å². The molecule has 0 radical (unpaired) electrons. The Labute approximate surface area is 136 Å². The lowest BCUT2D eigenvalue weighted by Crippen LogP contribution is -2.42. The number of hydrogen-bond acceptors (Lipinski definition) is 3. The summed E-state index contributed by atoms with van der Waals surface area (Å²) in [6, 6.07) is 4.07. The fraction of sp³-hybridized carbons (Fsp3) is 0.400. The summed E-state index contributed by atoms with van der Waals surface area (Å²) in [5.41, 5.74) is 0.876. The molecule has 1 aliphatic heterocycles. The van der Waals surface area contributed by atoms with Crippen molar-refractivity contribution in [1.82, 2.24) is 9.21 Å². The van der Waals surface area contributed by atoms with Gasteiger partial charge in [-0.3, -0.25) is 4.79 Å². The second-order valence-electron chi connectivity index (χ2n) is 5.33. The summed E-state index contributed by atoms with van der Waals surface area (Å²) >= 11 is 6.07. The van der Waals surface area contributed by atoms with Crippen LogP contribution in [0.4, 0.5) is 0 Å². The normalized spacial score (nSPS) is 19.0. The number of rotatable bonds is 5. The molecular formula is C15H19ClN2O3S. The molecule has 1 atom stereocenters. The number of aryl methyl sites for hydroxylation is 1. The topological polar surface area (TPSA) is 57.7 Å². The molecular weight excluding hydrogens is 324 g/mol. The van der Waals surface area contributed by atoms with Crippen LogP contribution in [0.15, 0.2) is 35.7 Å². The first-order valence-electron chi connectivity index (χ1n) is 6.93. The van der Waals surface area contributed by atoms with Crippen LogP contribution in [0.3, 0.4) is 0 Å². The van der Waals surface area contributed by atoms with Crippen LogP contribution < -0.4 is 0 Å². The SMILES string of the molecule is C=CCN1CCC(N(C)S(=O)(=O)c2ccc(C)cc2Cl)C1=O. The predicted molar refractivity (Wildman–Crippen MR) is 86.3 cm³/mol. The van der Waals surface area contributed by atoms with E-state index in [1.54, 1.807) is 23.1 Å². The highest BCUT2D eigenvalue weighted by atomic mass is 35.5. The van der Waals surface area contributed by atoms with Gasteiger partial charge in [-0.25, -0.2) is 8.42 Å². The maximum absolute atomic E-state index is 12.7. The van der Waals surface area contributed by atoms with Gasteiger partial charge in [-0.05, 0) is 31.0 Å². The number of sulfonamides is 1. The minimum atomic E-state index is -3.81. The van der Waals surface area contributed by atoms with E-state index >= 15 is 0 Å². The molecule has 2 rings (SSSR count). The molecule has 0 spiro atoms. The third kappa shape index (κ3) is 3.04. The Hall–Kier alpha value is -1.37. The van der Waals surface area contributed by atoms with E-state index in [4.69, 9.17) is 11.6 Å². The van der Waals surface area contributed by atoms with E-state index in [9.17, 15) is 13.2 Å². The Morgan fingerprint density at radius 1 is 1.50 bits per heavy atom. The molecule has 1 aliphatic rings. The molecule has 0 aromatic heterocycles. The lowest BCUT2D eigenvalue weighted by Gasteiger charge is -2.23. The van der Waals surface area contributed by atoms with Gasteiger partial charge in [0.25, 0.3) is 0 Å². The van der Waals surface area contributed by atoms with Crippen molar-refractivity contribution in [3.63, 3.8) is 0 Å². The third-order valence-corrected chi connectivity index (χ3v) is 6.15. The minimum Gasteiger partial charge on any atom is -0.338 e. The standard InChI is InChI=1S/C15H19ClN2O3S/c1-4-8-18-9-7-13(15(18)19)17(3)22(20,21)14-6-5-11(2)10-12(14)16/h4-6,10,13H,1,7-9H2,2-3H3. The van der Waals surface area contributed by atoms with Gasteiger partial charge < -0.3 is 4.90 Å². The van der Waals surface area contributed by atoms with E-state index in [0.717, 1.165) is 9.87 Å². The van der Waals surface area contributed by atoms with Crippen molar-refractivity contribution in [1.29, 1.82) is 0 Å². The Kier molecular flexibility index (Phi) is 4.94. The Morgan fingerprint density at radius 3 is 2.77 bits per heavy atom. The molecule has 1 saturated heterocycles. The molecule has 1 aromatic rings. The fourth-order valence-corrected chi connectivity index (χ4v) is 4.45. The molecule has 1 fully saturated rings. The summed E-state index contributed by atoms with van der Waals surface area (Å²) < 4.78 is 26.5. The van der Waals surface area contributed by atoms with Gasteiger partial charge in [-0.1, -0.05) is 23.7 Å². The Balaban J connectivity index is 2.30. The summed E-state index contributed by atoms with van der Waals surface area (Å²) in [6.07, 6.45) is 2.09. The van der Waals surface area contributed by atoms with Crippen LogP contribution in [-0.2, 0) is 14.8 Å². The smallest absolute Gasteiger partial charge is 0.245 e. The van der Waals surface area contributed by atoms with Crippen LogP contribution >= 0.6 is 11.6 Å². The first-order valence-corrected chi connectivity index (χ1v) is 8.74. The maximum atomic E-state index is 12.7. The van der Waals surface area contributed by atoms with Crippen LogP contribution in [0.2, 0.25) is 5.02 Å². The highest BCUT2D eigenvalue weighted by molar-refractivity contribution is 7.89. The summed E-state index contributed by atoms with van der Waals surface area (Å²) in [4.78, 5) is 13.9. The largest absolute Gasteiger partial charge is 0.338 e. The van der Waals surface area contributed by atoms with Gasteiger partial charge in [0, 0.05) is 20.1 Å². The lowest BCUT2D eigenvalue weighted by atomic mass is 10.2. The predicted octanol–water partition coefficient (Wildman–Crippen LogP) is 2.06. The van der Waals surface area contributed by atoms with Crippen molar-refractivity contribution in [2.45, 2.75) is 24.3 Å².